The van der Waals surface area contributed by atoms with E-state index in [0.717, 1.165) is 23.1 Å². The van der Waals surface area contributed by atoms with E-state index < -0.39 is 17.7 Å². The van der Waals surface area contributed by atoms with Crippen molar-refractivity contribution in [2.24, 2.45) is 0 Å². The van der Waals surface area contributed by atoms with Gasteiger partial charge >= 0.3 is 5.97 Å². The van der Waals surface area contributed by atoms with E-state index in [-0.39, 0.29) is 5.82 Å². The molecule has 0 spiro atoms. The lowest BCUT2D eigenvalue weighted by Crippen LogP contribution is -2.38. The lowest BCUT2D eigenvalue weighted by molar-refractivity contribution is -0.152. The van der Waals surface area contributed by atoms with Gasteiger partial charge in [-0.3, -0.25) is 0 Å². The Morgan fingerprint density at radius 2 is 2.00 bits per heavy atom. The number of aliphatic hydroxyl groups is 1. The Labute approximate surface area is 145 Å². The zero-order valence-electron chi connectivity index (χ0n) is 14.5. The third-order valence-electron chi connectivity index (χ3n) is 4.64. The van der Waals surface area contributed by atoms with Crippen LogP contribution in [0.15, 0.2) is 30.3 Å². The van der Waals surface area contributed by atoms with Gasteiger partial charge in [-0.25, -0.2) is 9.18 Å². The Hall–Kier alpha value is -2.40. The van der Waals surface area contributed by atoms with E-state index in [1.54, 1.807) is 25.1 Å². The molecule has 0 radical (unpaired) electrons. The lowest BCUT2D eigenvalue weighted by Gasteiger charge is -2.24. The first kappa shape index (κ1) is 17.4. The van der Waals surface area contributed by atoms with Crippen molar-refractivity contribution in [1.29, 1.82) is 0 Å². The Balaban J connectivity index is 2.15. The number of carboxylic acids is 1. The third-order valence-corrected chi connectivity index (χ3v) is 4.64. The van der Waals surface area contributed by atoms with E-state index in [2.05, 4.69) is 0 Å². The SMILES string of the molecule is Cc1cc(-c2cc3c(cc2OC(C)(C)C(=O)O)C(O)CC3)ccc1F. The zero-order chi connectivity index (χ0) is 18.4. The summed E-state index contributed by atoms with van der Waals surface area (Å²) in [4.78, 5) is 11.4. The van der Waals surface area contributed by atoms with Crippen LogP contribution in [0.4, 0.5) is 4.39 Å². The summed E-state index contributed by atoms with van der Waals surface area (Å²) in [5, 5.41) is 19.5. The van der Waals surface area contributed by atoms with Crippen molar-refractivity contribution in [3.05, 3.63) is 52.8 Å². The number of hydrogen-bond donors (Lipinski definition) is 2. The largest absolute Gasteiger partial charge is 0.478 e. The first-order valence-electron chi connectivity index (χ1n) is 8.23. The molecule has 5 heteroatoms. The maximum atomic E-state index is 13.6. The van der Waals surface area contributed by atoms with Gasteiger partial charge in [0, 0.05) is 5.56 Å². The molecule has 4 nitrogen and oxygen atoms in total. The molecule has 2 N–H and O–H groups in total. The first-order valence-corrected chi connectivity index (χ1v) is 8.23. The second kappa shape index (κ2) is 6.15. The average molecular weight is 344 g/mol. The standard InChI is InChI=1S/C20H21FO4/c1-11-8-12(4-6-16(11)21)15-9-13-5-7-17(22)14(13)10-18(15)25-20(2,3)19(23)24/h4,6,8-10,17,22H,5,7H2,1-3H3,(H,23,24). The van der Waals surface area contributed by atoms with Crippen LogP contribution < -0.4 is 4.74 Å². The van der Waals surface area contributed by atoms with Gasteiger partial charge in [-0.2, -0.15) is 0 Å². The van der Waals surface area contributed by atoms with Crippen LogP contribution in [0.1, 0.15) is 43.1 Å². The van der Waals surface area contributed by atoms with Crippen LogP contribution in [-0.2, 0) is 11.2 Å². The molecular formula is C20H21FO4. The summed E-state index contributed by atoms with van der Waals surface area (Å²) in [6.07, 6.45) is 0.796. The Bertz CT molecular complexity index is 842. The van der Waals surface area contributed by atoms with Crippen molar-refractivity contribution < 1.29 is 24.1 Å². The molecule has 2 aromatic carbocycles. The van der Waals surface area contributed by atoms with Gasteiger partial charge in [-0.15, -0.1) is 0 Å². The molecule has 132 valence electrons. The molecule has 25 heavy (non-hydrogen) atoms. The normalized spacial score (nSPS) is 16.6. The minimum Gasteiger partial charge on any atom is -0.478 e. The fourth-order valence-corrected chi connectivity index (χ4v) is 3.06. The van der Waals surface area contributed by atoms with Gasteiger partial charge in [0.1, 0.15) is 11.6 Å². The van der Waals surface area contributed by atoms with Crippen molar-refractivity contribution in [2.75, 3.05) is 0 Å². The molecule has 1 aliphatic carbocycles. The van der Waals surface area contributed by atoms with E-state index in [0.29, 0.717) is 23.3 Å². The number of carbonyl (C=O) groups is 1. The number of ether oxygens (including phenoxy) is 1. The van der Waals surface area contributed by atoms with Gasteiger partial charge < -0.3 is 14.9 Å². The molecule has 0 heterocycles. The Morgan fingerprint density at radius 1 is 1.28 bits per heavy atom. The summed E-state index contributed by atoms with van der Waals surface area (Å²) < 4.78 is 19.4. The van der Waals surface area contributed by atoms with Gasteiger partial charge in [0.15, 0.2) is 5.60 Å². The summed E-state index contributed by atoms with van der Waals surface area (Å²) in [6, 6.07) is 8.37. The number of aliphatic hydroxyl groups excluding tert-OH is 1. The molecule has 1 atom stereocenters. The van der Waals surface area contributed by atoms with Crippen LogP contribution in [0, 0.1) is 12.7 Å². The summed E-state index contributed by atoms with van der Waals surface area (Å²) >= 11 is 0. The molecule has 3 rings (SSSR count). The number of hydrogen-bond acceptors (Lipinski definition) is 3. The first-order chi connectivity index (χ1) is 11.7. The van der Waals surface area contributed by atoms with Crippen LogP contribution in [0.5, 0.6) is 5.75 Å². The molecule has 2 aromatic rings. The van der Waals surface area contributed by atoms with Gasteiger partial charge in [0.25, 0.3) is 0 Å². The van der Waals surface area contributed by atoms with Crippen molar-refractivity contribution >= 4 is 5.97 Å². The molecule has 0 amide bonds. The number of halogens is 1. The quantitative estimate of drug-likeness (QED) is 0.879. The number of carboxylic acid groups (broad SMARTS) is 1. The van der Waals surface area contributed by atoms with Crippen LogP contribution in [0.3, 0.4) is 0 Å². The predicted octanol–water partition coefficient (Wildman–Crippen LogP) is 4.02. The Kier molecular flexibility index (Phi) is 4.29. The van der Waals surface area contributed by atoms with Crippen molar-refractivity contribution in [1.82, 2.24) is 0 Å². The summed E-state index contributed by atoms with van der Waals surface area (Å²) in [7, 11) is 0. The number of benzene rings is 2. The molecule has 0 fully saturated rings. The van der Waals surface area contributed by atoms with E-state index in [1.807, 2.05) is 6.07 Å². The fraction of sp³-hybridized carbons (Fsp3) is 0.350. The zero-order valence-corrected chi connectivity index (χ0v) is 14.5. The van der Waals surface area contributed by atoms with Gasteiger partial charge in [-0.1, -0.05) is 6.07 Å². The molecule has 0 aliphatic heterocycles. The maximum absolute atomic E-state index is 13.6. The summed E-state index contributed by atoms with van der Waals surface area (Å²) in [5.41, 5.74) is 2.29. The minimum atomic E-state index is -1.43. The van der Waals surface area contributed by atoms with E-state index in [9.17, 15) is 19.4 Å². The minimum absolute atomic E-state index is 0.298. The number of aliphatic carboxylic acids is 1. The molecular weight excluding hydrogens is 323 g/mol. The van der Waals surface area contributed by atoms with Crippen molar-refractivity contribution in [3.8, 4) is 16.9 Å². The van der Waals surface area contributed by atoms with E-state index in [4.69, 9.17) is 4.74 Å². The third kappa shape index (κ3) is 3.24. The smallest absolute Gasteiger partial charge is 0.347 e. The highest BCUT2D eigenvalue weighted by Gasteiger charge is 2.32. The van der Waals surface area contributed by atoms with Gasteiger partial charge in [-0.05, 0) is 80.1 Å². The maximum Gasteiger partial charge on any atom is 0.347 e. The second-order valence-electron chi connectivity index (χ2n) is 6.98. The van der Waals surface area contributed by atoms with Gasteiger partial charge in [0.05, 0.1) is 6.10 Å². The molecule has 1 aliphatic rings. The Morgan fingerprint density at radius 3 is 2.64 bits per heavy atom. The van der Waals surface area contributed by atoms with Crippen LogP contribution in [-0.4, -0.2) is 21.8 Å². The van der Waals surface area contributed by atoms with Crippen LogP contribution in [0.25, 0.3) is 11.1 Å². The second-order valence-corrected chi connectivity index (χ2v) is 6.98. The molecule has 0 saturated carbocycles. The van der Waals surface area contributed by atoms with E-state index in [1.165, 1.54) is 19.9 Å². The van der Waals surface area contributed by atoms with Crippen LogP contribution >= 0.6 is 0 Å². The molecule has 0 bridgehead atoms. The molecule has 0 saturated heterocycles. The highest BCUT2D eigenvalue weighted by atomic mass is 19.1. The number of rotatable bonds is 4. The predicted molar refractivity (Wildman–Crippen MR) is 92.2 cm³/mol. The average Bonchev–Trinajstić information content (AvgIpc) is 2.89. The number of aryl methyl sites for hydroxylation is 2. The monoisotopic (exact) mass is 344 g/mol. The topological polar surface area (TPSA) is 66.8 Å². The fourth-order valence-electron chi connectivity index (χ4n) is 3.06. The highest BCUT2D eigenvalue weighted by molar-refractivity contribution is 5.78. The molecule has 0 aromatic heterocycles. The summed E-state index contributed by atoms with van der Waals surface area (Å²) in [6.45, 7) is 4.62. The highest BCUT2D eigenvalue weighted by Crippen LogP contribution is 2.41. The van der Waals surface area contributed by atoms with Crippen molar-refractivity contribution in [3.63, 3.8) is 0 Å². The van der Waals surface area contributed by atoms with Gasteiger partial charge in [0.2, 0.25) is 0 Å². The summed E-state index contributed by atoms with van der Waals surface area (Å²) in [5.74, 6) is -1.01. The lowest BCUT2D eigenvalue weighted by atomic mass is 9.97. The van der Waals surface area contributed by atoms with E-state index >= 15 is 0 Å². The molecule has 1 unspecified atom stereocenters. The van der Waals surface area contributed by atoms with Crippen molar-refractivity contribution in [2.45, 2.75) is 45.3 Å². The van der Waals surface area contributed by atoms with Crippen LogP contribution in [0.2, 0.25) is 0 Å². The number of fused-ring (bicyclic) bond motifs is 1.